The smallest absolute Gasteiger partial charge is 0.254 e. The SMILES string of the molecule is CCCOc1cccc(/C(=C\C(=O)N2CCN(C(=O)c3cc(OC)c(OC)c(OC)c3)CC2)c2ccccc2Cl)c1. The number of nitrogens with zero attached hydrogens (tertiary/aromatic N) is 2. The third kappa shape index (κ3) is 6.95. The third-order valence-electron chi connectivity index (χ3n) is 6.84. The van der Waals surface area contributed by atoms with E-state index in [4.69, 9.17) is 30.5 Å². The molecule has 9 heteroatoms. The molecular formula is C32H35ClN2O6. The van der Waals surface area contributed by atoms with Gasteiger partial charge in [0.05, 0.1) is 27.9 Å². The maximum Gasteiger partial charge on any atom is 0.254 e. The Morgan fingerprint density at radius 2 is 1.49 bits per heavy atom. The molecule has 41 heavy (non-hydrogen) atoms. The Morgan fingerprint density at radius 3 is 2.10 bits per heavy atom. The zero-order valence-corrected chi connectivity index (χ0v) is 24.6. The van der Waals surface area contributed by atoms with E-state index in [0.717, 1.165) is 23.3 Å². The number of hydrogen-bond acceptors (Lipinski definition) is 6. The Balaban J connectivity index is 1.54. The van der Waals surface area contributed by atoms with Gasteiger partial charge >= 0.3 is 0 Å². The molecule has 1 fully saturated rings. The van der Waals surface area contributed by atoms with Gasteiger partial charge in [0.15, 0.2) is 11.5 Å². The van der Waals surface area contributed by atoms with Crippen LogP contribution in [0.2, 0.25) is 5.02 Å². The van der Waals surface area contributed by atoms with Crippen molar-refractivity contribution in [3.63, 3.8) is 0 Å². The average Bonchev–Trinajstić information content (AvgIpc) is 3.02. The van der Waals surface area contributed by atoms with Crippen LogP contribution in [0, 0.1) is 0 Å². The van der Waals surface area contributed by atoms with Crippen molar-refractivity contribution in [2.75, 3.05) is 54.1 Å². The molecule has 0 atom stereocenters. The summed E-state index contributed by atoms with van der Waals surface area (Å²) in [5.41, 5.74) is 2.71. The average molecular weight is 579 g/mol. The predicted molar refractivity (Wildman–Crippen MR) is 159 cm³/mol. The maximum atomic E-state index is 13.5. The lowest BCUT2D eigenvalue weighted by molar-refractivity contribution is -0.127. The highest BCUT2D eigenvalue weighted by Crippen LogP contribution is 2.38. The lowest BCUT2D eigenvalue weighted by Crippen LogP contribution is -2.50. The molecule has 0 aliphatic carbocycles. The highest BCUT2D eigenvalue weighted by molar-refractivity contribution is 6.32. The summed E-state index contributed by atoms with van der Waals surface area (Å²) in [6, 6.07) is 18.4. The van der Waals surface area contributed by atoms with Crippen molar-refractivity contribution < 1.29 is 28.5 Å². The van der Waals surface area contributed by atoms with Crippen LogP contribution in [0.1, 0.15) is 34.8 Å². The quantitative estimate of drug-likeness (QED) is 0.293. The molecule has 0 saturated carbocycles. The molecule has 4 rings (SSSR count). The molecule has 0 aromatic heterocycles. The molecule has 1 aliphatic rings. The normalized spacial score (nSPS) is 13.5. The van der Waals surface area contributed by atoms with Gasteiger partial charge in [0, 0.05) is 48.4 Å². The van der Waals surface area contributed by atoms with E-state index in [0.29, 0.717) is 66.2 Å². The first-order valence-corrected chi connectivity index (χ1v) is 13.9. The lowest BCUT2D eigenvalue weighted by Gasteiger charge is -2.34. The fourth-order valence-electron chi connectivity index (χ4n) is 4.70. The monoisotopic (exact) mass is 578 g/mol. The van der Waals surface area contributed by atoms with Crippen molar-refractivity contribution in [2.45, 2.75) is 13.3 Å². The van der Waals surface area contributed by atoms with Crippen molar-refractivity contribution in [1.82, 2.24) is 9.80 Å². The molecule has 2 amide bonds. The molecule has 0 spiro atoms. The number of methoxy groups -OCH3 is 3. The lowest BCUT2D eigenvalue weighted by atomic mass is 9.97. The van der Waals surface area contributed by atoms with E-state index in [1.54, 1.807) is 34.1 Å². The van der Waals surface area contributed by atoms with Crippen molar-refractivity contribution in [3.8, 4) is 23.0 Å². The standard InChI is InChI=1S/C32H35ClN2O6/c1-5-17-41-24-10-8-9-22(18-24)26(25-11-6-7-12-27(25)33)21-30(36)34-13-15-35(16-14-34)32(37)23-19-28(38-2)31(40-4)29(20-23)39-3/h6-12,18-21H,5,13-17H2,1-4H3/b26-21+. The van der Waals surface area contributed by atoms with Crippen molar-refractivity contribution in [1.29, 1.82) is 0 Å². The van der Waals surface area contributed by atoms with Gasteiger partial charge in [-0.3, -0.25) is 9.59 Å². The Bertz CT molecular complexity index is 1390. The van der Waals surface area contributed by atoms with Gasteiger partial charge in [-0.15, -0.1) is 0 Å². The second-order valence-corrected chi connectivity index (χ2v) is 9.85. The Labute approximate surface area is 246 Å². The largest absolute Gasteiger partial charge is 0.494 e. The van der Waals surface area contributed by atoms with Gasteiger partial charge < -0.3 is 28.7 Å². The number of amides is 2. The number of piperazine rings is 1. The molecule has 3 aromatic rings. The maximum absolute atomic E-state index is 13.5. The summed E-state index contributed by atoms with van der Waals surface area (Å²) in [5.74, 6) is 1.64. The summed E-state index contributed by atoms with van der Waals surface area (Å²) in [7, 11) is 4.53. The van der Waals surface area contributed by atoms with E-state index in [9.17, 15) is 9.59 Å². The van der Waals surface area contributed by atoms with Crippen LogP contribution in [0.4, 0.5) is 0 Å². The number of carbonyl (C=O) groups is 2. The number of hydrogen-bond donors (Lipinski definition) is 0. The topological polar surface area (TPSA) is 77.5 Å². The zero-order valence-electron chi connectivity index (χ0n) is 23.8. The van der Waals surface area contributed by atoms with Crippen molar-refractivity contribution in [3.05, 3.63) is 88.5 Å². The molecule has 3 aromatic carbocycles. The highest BCUT2D eigenvalue weighted by Gasteiger charge is 2.27. The second kappa shape index (κ2) is 13.9. The van der Waals surface area contributed by atoms with E-state index in [-0.39, 0.29) is 11.8 Å². The Morgan fingerprint density at radius 1 is 0.829 bits per heavy atom. The molecule has 1 heterocycles. The highest BCUT2D eigenvalue weighted by atomic mass is 35.5. The van der Waals surface area contributed by atoms with Gasteiger partial charge in [0.1, 0.15) is 5.75 Å². The number of halogens is 1. The molecule has 0 unspecified atom stereocenters. The van der Waals surface area contributed by atoms with E-state index in [1.807, 2.05) is 42.5 Å². The summed E-state index contributed by atoms with van der Waals surface area (Å²) >= 11 is 6.57. The van der Waals surface area contributed by atoms with Crippen molar-refractivity contribution >= 4 is 29.0 Å². The second-order valence-electron chi connectivity index (χ2n) is 9.45. The van der Waals surface area contributed by atoms with E-state index in [2.05, 4.69) is 6.92 Å². The molecule has 0 N–H and O–H groups in total. The van der Waals surface area contributed by atoms with Crippen LogP contribution >= 0.6 is 11.6 Å². The summed E-state index contributed by atoms with van der Waals surface area (Å²) in [4.78, 5) is 30.3. The van der Waals surface area contributed by atoms with E-state index >= 15 is 0 Å². The summed E-state index contributed by atoms with van der Waals surface area (Å²) in [6.45, 7) is 4.21. The van der Waals surface area contributed by atoms with Crippen LogP contribution in [-0.4, -0.2) is 75.7 Å². The fraction of sp³-hybridized carbons (Fsp3) is 0.312. The van der Waals surface area contributed by atoms with Gasteiger partial charge in [-0.2, -0.15) is 0 Å². The van der Waals surface area contributed by atoms with Gasteiger partial charge in [0.25, 0.3) is 5.91 Å². The van der Waals surface area contributed by atoms with Crippen LogP contribution in [0.25, 0.3) is 5.57 Å². The predicted octanol–water partition coefficient (Wildman–Crippen LogP) is 5.57. The van der Waals surface area contributed by atoms with E-state index < -0.39 is 0 Å². The number of carbonyl (C=O) groups excluding carboxylic acids is 2. The first-order chi connectivity index (χ1) is 19.9. The third-order valence-corrected chi connectivity index (χ3v) is 7.17. The van der Waals surface area contributed by atoms with Gasteiger partial charge in [-0.05, 0) is 47.9 Å². The summed E-state index contributed by atoms with van der Waals surface area (Å²) in [5, 5.41) is 0.548. The van der Waals surface area contributed by atoms with Crippen LogP contribution in [0.3, 0.4) is 0 Å². The number of ether oxygens (including phenoxy) is 4. The van der Waals surface area contributed by atoms with Crippen LogP contribution in [0.5, 0.6) is 23.0 Å². The zero-order chi connectivity index (χ0) is 29.4. The molecular weight excluding hydrogens is 544 g/mol. The van der Waals surface area contributed by atoms with Crippen LogP contribution in [0.15, 0.2) is 66.7 Å². The van der Waals surface area contributed by atoms with Crippen molar-refractivity contribution in [2.24, 2.45) is 0 Å². The van der Waals surface area contributed by atoms with Gasteiger partial charge in [-0.1, -0.05) is 48.9 Å². The Kier molecular flexibility index (Phi) is 10.1. The number of benzene rings is 3. The summed E-state index contributed by atoms with van der Waals surface area (Å²) in [6.07, 6.45) is 2.51. The molecule has 8 nitrogen and oxygen atoms in total. The van der Waals surface area contributed by atoms with Gasteiger partial charge in [0.2, 0.25) is 11.7 Å². The van der Waals surface area contributed by atoms with Crippen LogP contribution in [-0.2, 0) is 4.79 Å². The number of rotatable bonds is 10. The minimum absolute atomic E-state index is 0.153. The first kappa shape index (κ1) is 29.8. The summed E-state index contributed by atoms with van der Waals surface area (Å²) < 4.78 is 22.0. The first-order valence-electron chi connectivity index (χ1n) is 13.5. The molecule has 216 valence electrons. The minimum Gasteiger partial charge on any atom is -0.494 e. The molecule has 1 aliphatic heterocycles. The minimum atomic E-state index is -0.174. The molecule has 1 saturated heterocycles. The molecule has 0 bridgehead atoms. The van der Waals surface area contributed by atoms with E-state index in [1.165, 1.54) is 21.3 Å². The van der Waals surface area contributed by atoms with Crippen LogP contribution < -0.4 is 18.9 Å². The van der Waals surface area contributed by atoms with Gasteiger partial charge in [-0.25, -0.2) is 0 Å². The Hall–Kier alpha value is -4.17. The fourth-order valence-corrected chi connectivity index (χ4v) is 4.94. The molecule has 0 radical (unpaired) electrons.